The molecular formula is C12H18N2O2. The van der Waals surface area contributed by atoms with Gasteiger partial charge in [0.2, 0.25) is 11.8 Å². The highest BCUT2D eigenvalue weighted by Gasteiger charge is 2.21. The Morgan fingerprint density at radius 1 is 1.62 bits per heavy atom. The Balaban J connectivity index is 2.39. The first kappa shape index (κ1) is 12.6. The lowest BCUT2D eigenvalue weighted by atomic mass is 10.0. The van der Waals surface area contributed by atoms with E-state index in [0.717, 1.165) is 19.4 Å². The lowest BCUT2D eigenvalue weighted by molar-refractivity contribution is -0.131. The van der Waals surface area contributed by atoms with Gasteiger partial charge in [0.1, 0.15) is 0 Å². The molecule has 1 fully saturated rings. The number of amides is 2. The summed E-state index contributed by atoms with van der Waals surface area (Å²) < 4.78 is 0. The molecule has 1 saturated heterocycles. The van der Waals surface area contributed by atoms with E-state index < -0.39 is 0 Å². The summed E-state index contributed by atoms with van der Waals surface area (Å²) in [5.41, 5.74) is 5.05. The second kappa shape index (κ2) is 6.16. The number of carbonyl (C=O) groups excluding carboxylic acids is 2. The largest absolute Gasteiger partial charge is 0.370 e. The number of terminal acetylenes is 1. The Kier molecular flexibility index (Phi) is 4.84. The molecule has 88 valence electrons. The molecule has 0 aromatic heterocycles. The molecule has 2 amide bonds. The highest BCUT2D eigenvalue weighted by atomic mass is 16.2. The van der Waals surface area contributed by atoms with Gasteiger partial charge in [-0.05, 0) is 19.3 Å². The van der Waals surface area contributed by atoms with Gasteiger partial charge in [-0.2, -0.15) is 0 Å². The molecule has 1 rings (SSSR count). The zero-order valence-electron chi connectivity index (χ0n) is 9.45. The molecular weight excluding hydrogens is 204 g/mol. The van der Waals surface area contributed by atoms with E-state index in [-0.39, 0.29) is 17.7 Å². The minimum absolute atomic E-state index is 0.0774. The number of nitrogens with zero attached hydrogens (tertiary/aromatic N) is 1. The normalized spacial score (nSPS) is 21.3. The maximum absolute atomic E-state index is 11.8. The molecule has 1 aliphatic rings. The van der Waals surface area contributed by atoms with Gasteiger partial charge in [-0.3, -0.25) is 9.59 Å². The lowest BCUT2D eigenvalue weighted by Crippen LogP contribution is -2.32. The van der Waals surface area contributed by atoms with Crippen molar-refractivity contribution in [3.05, 3.63) is 0 Å². The summed E-state index contributed by atoms with van der Waals surface area (Å²) in [4.78, 5) is 24.1. The Bertz CT molecular complexity index is 307. The smallest absolute Gasteiger partial charge is 0.223 e. The van der Waals surface area contributed by atoms with Gasteiger partial charge in [0.25, 0.3) is 0 Å². The maximum Gasteiger partial charge on any atom is 0.223 e. The standard InChI is InChI=1S/C12H18N2O2/c1-2-10-5-3-7-14(12(16)9-10)8-4-6-11(13)15/h1,10H,3-9H2,(H2,13,15). The molecule has 1 aliphatic heterocycles. The monoisotopic (exact) mass is 222 g/mol. The molecule has 1 atom stereocenters. The third kappa shape index (κ3) is 3.93. The lowest BCUT2D eigenvalue weighted by Gasteiger charge is -2.19. The zero-order chi connectivity index (χ0) is 12.0. The molecule has 0 saturated carbocycles. The van der Waals surface area contributed by atoms with Gasteiger partial charge < -0.3 is 10.6 Å². The number of hydrogen-bond donors (Lipinski definition) is 1. The molecule has 16 heavy (non-hydrogen) atoms. The van der Waals surface area contributed by atoms with Gasteiger partial charge in [-0.15, -0.1) is 12.3 Å². The highest BCUT2D eigenvalue weighted by molar-refractivity contribution is 5.77. The molecule has 4 nitrogen and oxygen atoms in total. The van der Waals surface area contributed by atoms with E-state index in [9.17, 15) is 9.59 Å². The number of primary amides is 1. The van der Waals surface area contributed by atoms with Crippen molar-refractivity contribution < 1.29 is 9.59 Å². The van der Waals surface area contributed by atoms with Crippen molar-refractivity contribution in [3.8, 4) is 12.3 Å². The molecule has 2 N–H and O–H groups in total. The predicted molar refractivity (Wildman–Crippen MR) is 61.2 cm³/mol. The second-order valence-electron chi connectivity index (χ2n) is 4.16. The van der Waals surface area contributed by atoms with Crippen LogP contribution < -0.4 is 5.73 Å². The molecule has 4 heteroatoms. The van der Waals surface area contributed by atoms with Crippen molar-refractivity contribution in [1.82, 2.24) is 4.90 Å². The van der Waals surface area contributed by atoms with E-state index in [1.807, 2.05) is 0 Å². The van der Waals surface area contributed by atoms with Gasteiger partial charge in [0.05, 0.1) is 0 Å². The summed E-state index contributed by atoms with van der Waals surface area (Å²) in [6.45, 7) is 1.36. The van der Waals surface area contributed by atoms with E-state index in [2.05, 4.69) is 5.92 Å². The quantitative estimate of drug-likeness (QED) is 0.705. The Hall–Kier alpha value is -1.50. The summed E-state index contributed by atoms with van der Waals surface area (Å²) in [6, 6.07) is 0. The predicted octanol–water partition coefficient (Wildman–Crippen LogP) is 0.514. The molecule has 0 aromatic rings. The Morgan fingerprint density at radius 2 is 2.38 bits per heavy atom. The van der Waals surface area contributed by atoms with Crippen molar-refractivity contribution in [2.24, 2.45) is 11.7 Å². The molecule has 0 aromatic carbocycles. The second-order valence-corrected chi connectivity index (χ2v) is 4.16. The third-order valence-corrected chi connectivity index (χ3v) is 2.84. The van der Waals surface area contributed by atoms with E-state index in [1.54, 1.807) is 4.90 Å². The van der Waals surface area contributed by atoms with Crippen LogP contribution in [0.25, 0.3) is 0 Å². The summed E-state index contributed by atoms with van der Waals surface area (Å²) >= 11 is 0. The molecule has 0 bridgehead atoms. The number of carbonyl (C=O) groups is 2. The van der Waals surface area contributed by atoms with Crippen LogP contribution in [-0.4, -0.2) is 29.8 Å². The minimum atomic E-state index is -0.316. The average molecular weight is 222 g/mol. The Morgan fingerprint density at radius 3 is 3.00 bits per heavy atom. The van der Waals surface area contributed by atoms with Crippen LogP contribution in [0.4, 0.5) is 0 Å². The first-order valence-corrected chi connectivity index (χ1v) is 5.65. The Labute approximate surface area is 96.2 Å². The van der Waals surface area contributed by atoms with E-state index in [4.69, 9.17) is 12.2 Å². The van der Waals surface area contributed by atoms with Gasteiger partial charge >= 0.3 is 0 Å². The molecule has 0 spiro atoms. The van der Waals surface area contributed by atoms with Crippen molar-refractivity contribution in [1.29, 1.82) is 0 Å². The molecule has 1 heterocycles. The van der Waals surface area contributed by atoms with Crippen LogP contribution in [0.1, 0.15) is 32.1 Å². The van der Waals surface area contributed by atoms with Gasteiger partial charge in [0.15, 0.2) is 0 Å². The number of rotatable bonds is 4. The summed E-state index contributed by atoms with van der Waals surface area (Å²) in [5.74, 6) is 2.51. The van der Waals surface area contributed by atoms with Crippen molar-refractivity contribution in [2.75, 3.05) is 13.1 Å². The van der Waals surface area contributed by atoms with Crippen LogP contribution in [0.15, 0.2) is 0 Å². The highest BCUT2D eigenvalue weighted by Crippen LogP contribution is 2.17. The topological polar surface area (TPSA) is 63.4 Å². The van der Waals surface area contributed by atoms with Crippen molar-refractivity contribution in [3.63, 3.8) is 0 Å². The van der Waals surface area contributed by atoms with E-state index in [1.165, 1.54) is 0 Å². The maximum atomic E-state index is 11.8. The number of likely N-dealkylation sites (tertiary alicyclic amines) is 1. The minimum Gasteiger partial charge on any atom is -0.370 e. The first-order valence-electron chi connectivity index (χ1n) is 5.65. The first-order chi connectivity index (χ1) is 7.63. The average Bonchev–Trinajstić information content (AvgIpc) is 2.40. The SMILES string of the molecule is C#CC1CCCN(CCCC(N)=O)C(=O)C1. The van der Waals surface area contributed by atoms with Crippen LogP contribution in [0.2, 0.25) is 0 Å². The zero-order valence-corrected chi connectivity index (χ0v) is 9.45. The number of nitrogens with two attached hydrogens (primary N) is 1. The summed E-state index contributed by atoms with van der Waals surface area (Å²) in [7, 11) is 0. The summed E-state index contributed by atoms with van der Waals surface area (Å²) in [5, 5.41) is 0. The molecule has 0 radical (unpaired) electrons. The fourth-order valence-electron chi connectivity index (χ4n) is 1.92. The van der Waals surface area contributed by atoms with Crippen LogP contribution in [0, 0.1) is 18.3 Å². The van der Waals surface area contributed by atoms with Crippen LogP contribution >= 0.6 is 0 Å². The van der Waals surface area contributed by atoms with Crippen LogP contribution in [-0.2, 0) is 9.59 Å². The fourth-order valence-corrected chi connectivity index (χ4v) is 1.92. The molecule has 1 unspecified atom stereocenters. The van der Waals surface area contributed by atoms with Crippen molar-refractivity contribution >= 4 is 11.8 Å². The van der Waals surface area contributed by atoms with Crippen molar-refractivity contribution in [2.45, 2.75) is 32.1 Å². The summed E-state index contributed by atoms with van der Waals surface area (Å²) in [6.07, 6.45) is 8.61. The van der Waals surface area contributed by atoms with Crippen LogP contribution in [0.3, 0.4) is 0 Å². The van der Waals surface area contributed by atoms with Gasteiger partial charge in [-0.25, -0.2) is 0 Å². The van der Waals surface area contributed by atoms with E-state index >= 15 is 0 Å². The van der Waals surface area contributed by atoms with Crippen LogP contribution in [0.5, 0.6) is 0 Å². The fraction of sp³-hybridized carbons (Fsp3) is 0.667. The third-order valence-electron chi connectivity index (χ3n) is 2.84. The number of hydrogen-bond acceptors (Lipinski definition) is 2. The van der Waals surface area contributed by atoms with Gasteiger partial charge in [-0.1, -0.05) is 0 Å². The van der Waals surface area contributed by atoms with E-state index in [0.29, 0.717) is 25.8 Å². The molecule has 0 aliphatic carbocycles. The van der Waals surface area contributed by atoms with Gasteiger partial charge in [0, 0.05) is 31.8 Å².